The minimum atomic E-state index is -0.459. The lowest BCUT2D eigenvalue weighted by Gasteiger charge is -2.06. The highest BCUT2D eigenvalue weighted by atomic mass is 16.5. The fourth-order valence-electron chi connectivity index (χ4n) is 4.23. The molecule has 0 spiro atoms. The van der Waals surface area contributed by atoms with Crippen LogP contribution in [-0.4, -0.2) is 27.2 Å². The highest BCUT2D eigenvalue weighted by molar-refractivity contribution is 6.47. The number of Topliss-reactive ketones (excluding diaryl/α,β-unsaturated/α-hetero) is 1. The van der Waals surface area contributed by atoms with Gasteiger partial charge in [-0.15, -0.1) is 0 Å². The second-order valence-corrected chi connectivity index (χ2v) is 7.29. The van der Waals surface area contributed by atoms with Crippen molar-refractivity contribution >= 4 is 39.3 Å². The SMILES string of the molecule is CCn1c2ccc(C(=O)c3ccccc3C)cc2c2c3c(ccc21)C(=O)/C(=N/O)O3. The van der Waals surface area contributed by atoms with Crippen LogP contribution in [0, 0.1) is 6.92 Å². The van der Waals surface area contributed by atoms with E-state index in [1.807, 2.05) is 62.4 Å². The standard InChI is InChI=1S/C24H18N2O4/c1-3-26-18-10-8-14(21(27)15-7-5-4-6-13(15)2)12-17(18)20-19(26)11-9-16-22(28)24(25-29)30-23(16)20/h4-12,29H,3H2,1-2H3/b25-24-. The summed E-state index contributed by atoms with van der Waals surface area (Å²) in [4.78, 5) is 25.6. The molecule has 0 saturated carbocycles. The normalized spacial score (nSPS) is 14.5. The Balaban J connectivity index is 1.80. The maximum atomic E-state index is 13.2. The Bertz CT molecular complexity index is 1410. The van der Waals surface area contributed by atoms with Crippen molar-refractivity contribution in [2.75, 3.05) is 0 Å². The van der Waals surface area contributed by atoms with Crippen LogP contribution in [0.3, 0.4) is 0 Å². The van der Waals surface area contributed by atoms with Gasteiger partial charge in [0.15, 0.2) is 11.5 Å². The molecule has 0 radical (unpaired) electrons. The zero-order chi connectivity index (χ0) is 21.0. The average Bonchev–Trinajstić information content (AvgIpc) is 3.27. The van der Waals surface area contributed by atoms with E-state index in [-0.39, 0.29) is 11.7 Å². The first-order valence-electron chi connectivity index (χ1n) is 9.69. The number of aromatic nitrogens is 1. The van der Waals surface area contributed by atoms with Crippen LogP contribution >= 0.6 is 0 Å². The van der Waals surface area contributed by atoms with Gasteiger partial charge in [-0.3, -0.25) is 9.59 Å². The highest BCUT2D eigenvalue weighted by Gasteiger charge is 2.33. The van der Waals surface area contributed by atoms with Gasteiger partial charge in [0, 0.05) is 28.6 Å². The minimum Gasteiger partial charge on any atom is -0.432 e. The topological polar surface area (TPSA) is 80.9 Å². The van der Waals surface area contributed by atoms with Crippen LogP contribution in [0.5, 0.6) is 5.75 Å². The molecule has 1 aliphatic rings. The number of ether oxygens (including phenoxy) is 1. The van der Waals surface area contributed by atoms with E-state index in [2.05, 4.69) is 9.72 Å². The van der Waals surface area contributed by atoms with Crippen molar-refractivity contribution in [3.63, 3.8) is 0 Å². The maximum absolute atomic E-state index is 13.2. The molecule has 148 valence electrons. The van der Waals surface area contributed by atoms with Crippen LogP contribution in [0.4, 0.5) is 0 Å². The van der Waals surface area contributed by atoms with E-state index in [0.717, 1.165) is 27.4 Å². The van der Waals surface area contributed by atoms with E-state index < -0.39 is 5.78 Å². The first-order chi connectivity index (χ1) is 14.5. The van der Waals surface area contributed by atoms with Crippen molar-refractivity contribution in [3.8, 4) is 5.75 Å². The summed E-state index contributed by atoms with van der Waals surface area (Å²) in [6.07, 6.45) is 0. The van der Waals surface area contributed by atoms with Gasteiger partial charge in [0.05, 0.1) is 16.5 Å². The molecule has 1 aromatic heterocycles. The molecule has 6 heteroatoms. The van der Waals surface area contributed by atoms with Gasteiger partial charge in [-0.1, -0.05) is 24.3 Å². The number of rotatable bonds is 3. The quantitative estimate of drug-likeness (QED) is 0.308. The molecule has 0 bridgehead atoms. The van der Waals surface area contributed by atoms with Crippen LogP contribution < -0.4 is 4.74 Å². The van der Waals surface area contributed by atoms with Gasteiger partial charge in [0.1, 0.15) is 0 Å². The fraction of sp³-hybridized carbons (Fsp3) is 0.125. The molecular weight excluding hydrogens is 380 g/mol. The lowest BCUT2D eigenvalue weighted by molar-refractivity contribution is 0.103. The second kappa shape index (κ2) is 6.56. The molecule has 1 N–H and O–H groups in total. The van der Waals surface area contributed by atoms with Crippen molar-refractivity contribution in [1.82, 2.24) is 4.57 Å². The van der Waals surface area contributed by atoms with Crippen molar-refractivity contribution < 1.29 is 19.5 Å². The third-order valence-corrected chi connectivity index (χ3v) is 5.68. The fourth-order valence-corrected chi connectivity index (χ4v) is 4.23. The summed E-state index contributed by atoms with van der Waals surface area (Å²) in [5.41, 5.74) is 4.30. The Morgan fingerprint density at radius 2 is 1.87 bits per heavy atom. The molecule has 0 saturated heterocycles. The third kappa shape index (κ3) is 2.40. The molecule has 6 nitrogen and oxygen atoms in total. The molecule has 0 atom stereocenters. The van der Waals surface area contributed by atoms with Crippen molar-refractivity contribution in [1.29, 1.82) is 0 Å². The van der Waals surface area contributed by atoms with Crippen molar-refractivity contribution in [2.24, 2.45) is 5.16 Å². The van der Waals surface area contributed by atoms with Crippen molar-refractivity contribution in [2.45, 2.75) is 20.4 Å². The lowest BCUT2D eigenvalue weighted by Crippen LogP contribution is -2.11. The number of carbonyl (C=O) groups excluding carboxylic acids is 2. The summed E-state index contributed by atoms with van der Waals surface area (Å²) in [7, 11) is 0. The molecule has 3 aromatic carbocycles. The second-order valence-electron chi connectivity index (χ2n) is 7.29. The lowest BCUT2D eigenvalue weighted by atomic mass is 9.97. The van der Waals surface area contributed by atoms with E-state index in [0.29, 0.717) is 29.0 Å². The van der Waals surface area contributed by atoms with E-state index in [4.69, 9.17) is 9.94 Å². The summed E-state index contributed by atoms with van der Waals surface area (Å²) in [5, 5.41) is 13.6. The van der Waals surface area contributed by atoms with Gasteiger partial charge in [-0.2, -0.15) is 0 Å². The first-order valence-corrected chi connectivity index (χ1v) is 9.69. The van der Waals surface area contributed by atoms with Crippen LogP contribution in [0.2, 0.25) is 0 Å². The maximum Gasteiger partial charge on any atom is 0.304 e. The third-order valence-electron chi connectivity index (χ3n) is 5.68. The number of ketones is 2. The number of fused-ring (bicyclic) bond motifs is 5. The van der Waals surface area contributed by atoms with E-state index in [9.17, 15) is 9.59 Å². The van der Waals surface area contributed by atoms with Crippen molar-refractivity contribution in [3.05, 3.63) is 76.9 Å². The average molecular weight is 398 g/mol. The summed E-state index contributed by atoms with van der Waals surface area (Å²) >= 11 is 0. The Hall–Kier alpha value is -3.93. The first kappa shape index (κ1) is 18.1. The van der Waals surface area contributed by atoms with Gasteiger partial charge in [0.2, 0.25) is 0 Å². The molecule has 1 aliphatic heterocycles. The molecule has 2 heterocycles. The van der Waals surface area contributed by atoms with Crippen LogP contribution in [0.15, 0.2) is 59.8 Å². The predicted molar refractivity (Wildman–Crippen MR) is 114 cm³/mol. The number of carbonyl (C=O) groups is 2. The number of benzene rings is 3. The molecule has 4 aromatic rings. The Morgan fingerprint density at radius 3 is 2.60 bits per heavy atom. The monoisotopic (exact) mass is 398 g/mol. The van der Waals surface area contributed by atoms with Gasteiger partial charge in [-0.05, 0) is 54.9 Å². The van der Waals surface area contributed by atoms with Gasteiger partial charge >= 0.3 is 5.90 Å². The molecule has 5 rings (SSSR count). The predicted octanol–water partition coefficient (Wildman–Crippen LogP) is 4.72. The Morgan fingerprint density at radius 1 is 1.10 bits per heavy atom. The zero-order valence-corrected chi connectivity index (χ0v) is 16.5. The minimum absolute atomic E-state index is 0.0606. The number of hydrogen-bond donors (Lipinski definition) is 1. The van der Waals surface area contributed by atoms with Crippen LogP contribution in [0.1, 0.15) is 38.8 Å². The highest BCUT2D eigenvalue weighted by Crippen LogP contribution is 2.41. The molecule has 0 amide bonds. The molecule has 0 unspecified atom stereocenters. The molecule has 30 heavy (non-hydrogen) atoms. The van der Waals surface area contributed by atoms with Gasteiger partial charge < -0.3 is 14.5 Å². The van der Waals surface area contributed by atoms with Crippen LogP contribution in [0.25, 0.3) is 21.8 Å². The number of hydrogen-bond acceptors (Lipinski definition) is 5. The van der Waals surface area contributed by atoms with Crippen LogP contribution in [-0.2, 0) is 6.54 Å². The zero-order valence-electron chi connectivity index (χ0n) is 16.5. The van der Waals surface area contributed by atoms with E-state index in [1.54, 1.807) is 6.07 Å². The summed E-state index contributed by atoms with van der Waals surface area (Å²) in [6, 6.07) is 16.6. The number of aryl methyl sites for hydroxylation is 2. The Kier molecular flexibility index (Phi) is 3.96. The van der Waals surface area contributed by atoms with E-state index in [1.165, 1.54) is 0 Å². The van der Waals surface area contributed by atoms with Gasteiger partial charge in [0.25, 0.3) is 5.78 Å². The van der Waals surface area contributed by atoms with E-state index >= 15 is 0 Å². The summed E-state index contributed by atoms with van der Waals surface area (Å²) < 4.78 is 7.71. The van der Waals surface area contributed by atoms with Gasteiger partial charge in [-0.25, -0.2) is 0 Å². The summed E-state index contributed by atoms with van der Waals surface area (Å²) in [5.74, 6) is -0.501. The molecule has 0 fully saturated rings. The number of oxime groups is 1. The molecule has 0 aliphatic carbocycles. The summed E-state index contributed by atoms with van der Waals surface area (Å²) in [6.45, 7) is 4.65. The number of nitrogens with zero attached hydrogens (tertiary/aromatic N) is 2. The molecular formula is C24H18N2O4. The largest absolute Gasteiger partial charge is 0.432 e. The Labute approximate surface area is 172 Å². The smallest absolute Gasteiger partial charge is 0.304 e.